The van der Waals surface area contributed by atoms with Gasteiger partial charge < -0.3 is 9.64 Å². The average molecular weight is 308 g/mol. The quantitative estimate of drug-likeness (QED) is 0.614. The number of hydrogen-bond donors (Lipinski definition) is 1. The Balaban J connectivity index is 2.39. The van der Waals surface area contributed by atoms with Crippen molar-refractivity contribution in [3.05, 3.63) is 29.8 Å². The van der Waals surface area contributed by atoms with Gasteiger partial charge in [0, 0.05) is 13.6 Å². The molecule has 1 rings (SSSR count). The molecule has 0 fully saturated rings. The molecule has 124 valence electrons. The number of carbonyl (C=O) groups is 1. The van der Waals surface area contributed by atoms with Gasteiger partial charge in [0.1, 0.15) is 5.60 Å². The van der Waals surface area contributed by atoms with E-state index in [9.17, 15) is 4.79 Å². The van der Waals surface area contributed by atoms with Crippen LogP contribution in [-0.4, -0.2) is 36.8 Å². The van der Waals surface area contributed by atoms with Crippen molar-refractivity contribution in [3.8, 4) is 0 Å². The molecule has 0 saturated carbocycles. The Morgan fingerprint density at radius 3 is 2.41 bits per heavy atom. The molecule has 5 heteroatoms. The number of anilines is 1. The number of carbonyl (C=O) groups excluding carboxylic acids is 1. The average Bonchev–Trinajstić information content (AvgIpc) is 2.44. The fraction of sp³-hybridized carbons (Fsp3) is 0.588. The van der Waals surface area contributed by atoms with E-state index in [1.54, 1.807) is 11.9 Å². The Bertz CT molecular complexity index is 452. The van der Waals surface area contributed by atoms with Gasteiger partial charge in [-0.05, 0) is 51.3 Å². The molecule has 0 atom stereocenters. The lowest BCUT2D eigenvalue weighted by atomic mass is 10.1. The normalized spacial score (nSPS) is 11.1. The lowest BCUT2D eigenvalue weighted by molar-refractivity contribution is 0.0301. The molecule has 0 heterocycles. The van der Waals surface area contributed by atoms with Crippen LogP contribution >= 0.6 is 0 Å². The fourth-order valence-electron chi connectivity index (χ4n) is 1.70. The topological polar surface area (TPSA) is 50.8 Å². The summed E-state index contributed by atoms with van der Waals surface area (Å²) in [5.74, 6) is 0. The smallest absolute Gasteiger partial charge is 0.410 e. The maximum Gasteiger partial charge on any atom is 0.410 e. The summed E-state index contributed by atoms with van der Waals surface area (Å²) in [5, 5.41) is 0. The van der Waals surface area contributed by atoms with Crippen molar-refractivity contribution in [3.63, 3.8) is 0 Å². The van der Waals surface area contributed by atoms with Crippen LogP contribution in [0.25, 0.3) is 0 Å². The number of amides is 1. The van der Waals surface area contributed by atoms with Gasteiger partial charge in [0.05, 0.1) is 12.3 Å². The highest BCUT2D eigenvalue weighted by Gasteiger charge is 2.19. The molecule has 1 aromatic carbocycles. The van der Waals surface area contributed by atoms with Crippen molar-refractivity contribution in [2.45, 2.75) is 46.1 Å². The first-order valence-electron chi connectivity index (χ1n) is 7.72. The predicted molar refractivity (Wildman–Crippen MR) is 88.9 cm³/mol. The van der Waals surface area contributed by atoms with E-state index in [0.717, 1.165) is 24.1 Å². The molecule has 1 amide bonds. The van der Waals surface area contributed by atoms with Crippen molar-refractivity contribution in [2.24, 2.45) is 0 Å². The van der Waals surface area contributed by atoms with Gasteiger partial charge >= 0.3 is 6.09 Å². The second kappa shape index (κ2) is 8.63. The van der Waals surface area contributed by atoms with E-state index in [2.05, 4.69) is 12.4 Å². The van der Waals surface area contributed by atoms with Crippen LogP contribution < -0.4 is 5.48 Å². The number of ether oxygens (including phenoxy) is 1. The highest BCUT2D eigenvalue weighted by molar-refractivity contribution is 5.67. The Morgan fingerprint density at radius 1 is 1.23 bits per heavy atom. The van der Waals surface area contributed by atoms with E-state index in [4.69, 9.17) is 9.57 Å². The van der Waals surface area contributed by atoms with E-state index in [0.29, 0.717) is 13.2 Å². The predicted octanol–water partition coefficient (Wildman–Crippen LogP) is 3.85. The van der Waals surface area contributed by atoms with E-state index in [1.807, 2.05) is 45.0 Å². The van der Waals surface area contributed by atoms with Crippen LogP contribution in [0.5, 0.6) is 0 Å². The minimum atomic E-state index is -0.461. The maximum atomic E-state index is 11.9. The van der Waals surface area contributed by atoms with E-state index < -0.39 is 5.60 Å². The summed E-state index contributed by atoms with van der Waals surface area (Å²) < 4.78 is 5.32. The first kappa shape index (κ1) is 18.3. The number of nitrogens with one attached hydrogen (secondary N) is 1. The molecule has 0 spiro atoms. The summed E-state index contributed by atoms with van der Waals surface area (Å²) in [4.78, 5) is 18.7. The lowest BCUT2D eigenvalue weighted by Gasteiger charge is -2.24. The molecule has 0 saturated heterocycles. The molecule has 0 aliphatic carbocycles. The highest BCUT2D eigenvalue weighted by atomic mass is 16.6. The number of benzene rings is 1. The third-order valence-electron chi connectivity index (χ3n) is 2.89. The zero-order valence-corrected chi connectivity index (χ0v) is 14.3. The van der Waals surface area contributed by atoms with Crippen LogP contribution in [0.2, 0.25) is 0 Å². The van der Waals surface area contributed by atoms with Crippen molar-refractivity contribution in [1.29, 1.82) is 0 Å². The largest absolute Gasteiger partial charge is 0.444 e. The third-order valence-corrected chi connectivity index (χ3v) is 2.89. The van der Waals surface area contributed by atoms with Crippen LogP contribution in [0.4, 0.5) is 10.5 Å². The molecular weight excluding hydrogens is 280 g/mol. The summed E-state index contributed by atoms with van der Waals surface area (Å²) in [6, 6.07) is 8.00. The van der Waals surface area contributed by atoms with Gasteiger partial charge in [-0.2, -0.15) is 0 Å². The van der Waals surface area contributed by atoms with Crippen LogP contribution in [0.1, 0.15) is 39.7 Å². The van der Waals surface area contributed by atoms with Gasteiger partial charge in [-0.15, -0.1) is 0 Å². The van der Waals surface area contributed by atoms with Gasteiger partial charge in [0.2, 0.25) is 0 Å². The van der Waals surface area contributed by atoms with Gasteiger partial charge in [-0.3, -0.25) is 10.3 Å². The third kappa shape index (κ3) is 7.31. The fourth-order valence-corrected chi connectivity index (χ4v) is 1.70. The van der Waals surface area contributed by atoms with Crippen molar-refractivity contribution >= 4 is 11.8 Å². The zero-order valence-electron chi connectivity index (χ0n) is 14.3. The van der Waals surface area contributed by atoms with E-state index in [1.165, 1.54) is 0 Å². The van der Waals surface area contributed by atoms with E-state index in [-0.39, 0.29) is 6.09 Å². The lowest BCUT2D eigenvalue weighted by Crippen LogP contribution is -2.35. The first-order valence-corrected chi connectivity index (χ1v) is 7.72. The van der Waals surface area contributed by atoms with Gasteiger partial charge in [-0.25, -0.2) is 4.79 Å². The minimum Gasteiger partial charge on any atom is -0.444 e. The summed E-state index contributed by atoms with van der Waals surface area (Å²) in [6.07, 6.45) is 1.47. The van der Waals surface area contributed by atoms with E-state index >= 15 is 0 Å². The number of nitrogens with zero attached hydrogens (tertiary/aromatic N) is 1. The van der Waals surface area contributed by atoms with Crippen molar-refractivity contribution in [2.75, 3.05) is 25.7 Å². The summed E-state index contributed by atoms with van der Waals surface area (Å²) >= 11 is 0. The number of hydrogen-bond acceptors (Lipinski definition) is 4. The van der Waals surface area contributed by atoms with Gasteiger partial charge in [0.15, 0.2) is 0 Å². The number of likely N-dealkylation sites (N-methyl/N-ethyl adjacent to an activating group) is 1. The standard InChI is InChI=1S/C17H28N2O3/c1-6-13-21-18-15-9-7-14(8-10-15)11-12-19(5)16(20)22-17(2,3)4/h7-10,18H,6,11-13H2,1-5H3. The minimum absolute atomic E-state index is 0.293. The molecule has 0 aliphatic rings. The Kier molecular flexibility index (Phi) is 7.18. The van der Waals surface area contributed by atoms with Crippen LogP contribution in [0, 0.1) is 0 Å². The number of rotatable bonds is 7. The molecule has 22 heavy (non-hydrogen) atoms. The van der Waals surface area contributed by atoms with Crippen molar-refractivity contribution < 1.29 is 14.4 Å². The second-order valence-electron chi connectivity index (χ2n) is 6.30. The summed E-state index contributed by atoms with van der Waals surface area (Å²) in [5.41, 5.74) is 4.53. The first-order chi connectivity index (χ1) is 10.3. The zero-order chi connectivity index (χ0) is 16.6. The second-order valence-corrected chi connectivity index (χ2v) is 6.30. The summed E-state index contributed by atoms with van der Waals surface area (Å²) in [6.45, 7) is 8.96. The maximum absolute atomic E-state index is 11.9. The van der Waals surface area contributed by atoms with Crippen molar-refractivity contribution in [1.82, 2.24) is 4.90 Å². The SMILES string of the molecule is CCCONc1ccc(CCN(C)C(=O)OC(C)(C)C)cc1. The summed E-state index contributed by atoms with van der Waals surface area (Å²) in [7, 11) is 1.75. The molecule has 0 radical (unpaired) electrons. The Labute approximate surface area is 133 Å². The van der Waals surface area contributed by atoms with Crippen LogP contribution in [-0.2, 0) is 16.0 Å². The molecule has 5 nitrogen and oxygen atoms in total. The molecule has 0 aromatic heterocycles. The Hall–Kier alpha value is -1.75. The molecule has 1 N–H and O–H groups in total. The molecule has 1 aromatic rings. The monoisotopic (exact) mass is 308 g/mol. The van der Waals surface area contributed by atoms with Gasteiger partial charge in [0.25, 0.3) is 0 Å². The highest BCUT2D eigenvalue weighted by Crippen LogP contribution is 2.12. The van der Waals surface area contributed by atoms with Gasteiger partial charge in [-0.1, -0.05) is 19.1 Å². The van der Waals surface area contributed by atoms with Crippen LogP contribution in [0.3, 0.4) is 0 Å². The molecule has 0 bridgehead atoms. The molecule has 0 unspecified atom stereocenters. The Morgan fingerprint density at radius 2 is 1.86 bits per heavy atom. The molecule has 0 aliphatic heterocycles. The molecular formula is C17H28N2O3. The van der Waals surface area contributed by atoms with Crippen LogP contribution in [0.15, 0.2) is 24.3 Å².